The lowest BCUT2D eigenvalue weighted by molar-refractivity contribution is -0.118. The Morgan fingerprint density at radius 2 is 1.85 bits per heavy atom. The van der Waals surface area contributed by atoms with Crippen LogP contribution in [0.25, 0.3) is 0 Å². The maximum atomic E-state index is 11.9. The van der Waals surface area contributed by atoms with E-state index in [1.165, 1.54) is 0 Å². The number of anilines is 1. The average Bonchev–Trinajstić information content (AvgIpc) is 2.43. The van der Waals surface area contributed by atoms with Crippen LogP contribution in [-0.4, -0.2) is 12.5 Å². The lowest BCUT2D eigenvalue weighted by Gasteiger charge is -2.11. The minimum Gasteiger partial charge on any atom is -0.484 e. The molecule has 0 fully saturated rings. The van der Waals surface area contributed by atoms with Crippen molar-refractivity contribution in [3.05, 3.63) is 57.2 Å². The van der Waals surface area contributed by atoms with E-state index in [2.05, 4.69) is 27.9 Å². The molecule has 2 aromatic rings. The molecule has 3 nitrogen and oxygen atoms in total. The van der Waals surface area contributed by atoms with Crippen molar-refractivity contribution in [1.82, 2.24) is 0 Å². The molecular formula is C16H16INO2. The highest BCUT2D eigenvalue weighted by atomic mass is 127. The number of halogens is 1. The summed E-state index contributed by atoms with van der Waals surface area (Å²) in [4.78, 5) is 11.9. The van der Waals surface area contributed by atoms with Crippen LogP contribution < -0.4 is 10.1 Å². The number of benzene rings is 2. The van der Waals surface area contributed by atoms with E-state index in [1.807, 2.05) is 56.3 Å². The highest BCUT2D eigenvalue weighted by Gasteiger charge is 2.06. The van der Waals surface area contributed by atoms with Gasteiger partial charge in [-0.1, -0.05) is 12.1 Å². The molecular weight excluding hydrogens is 365 g/mol. The van der Waals surface area contributed by atoms with E-state index < -0.39 is 0 Å². The van der Waals surface area contributed by atoms with Crippen molar-refractivity contribution < 1.29 is 9.53 Å². The normalized spacial score (nSPS) is 10.2. The van der Waals surface area contributed by atoms with E-state index in [1.54, 1.807) is 0 Å². The molecule has 0 aromatic heterocycles. The highest BCUT2D eigenvalue weighted by molar-refractivity contribution is 14.1. The lowest BCUT2D eigenvalue weighted by Crippen LogP contribution is -2.20. The fourth-order valence-corrected chi connectivity index (χ4v) is 2.11. The van der Waals surface area contributed by atoms with Crippen molar-refractivity contribution in [2.24, 2.45) is 0 Å². The molecule has 0 aliphatic heterocycles. The van der Waals surface area contributed by atoms with Crippen LogP contribution in [-0.2, 0) is 4.79 Å². The zero-order chi connectivity index (χ0) is 14.5. The van der Waals surface area contributed by atoms with Gasteiger partial charge in [0.05, 0.1) is 0 Å². The number of ether oxygens (including phenoxy) is 1. The Labute approximate surface area is 132 Å². The molecule has 104 valence electrons. The van der Waals surface area contributed by atoms with Crippen molar-refractivity contribution in [2.45, 2.75) is 13.8 Å². The van der Waals surface area contributed by atoms with Gasteiger partial charge in [-0.15, -0.1) is 0 Å². The van der Waals surface area contributed by atoms with Crippen LogP contribution in [0.3, 0.4) is 0 Å². The number of nitrogens with one attached hydrogen (secondary N) is 1. The predicted molar refractivity (Wildman–Crippen MR) is 89.2 cm³/mol. The summed E-state index contributed by atoms with van der Waals surface area (Å²) in [6.45, 7) is 4.02. The molecule has 0 atom stereocenters. The first-order valence-electron chi connectivity index (χ1n) is 6.30. The Morgan fingerprint density at radius 3 is 2.55 bits per heavy atom. The van der Waals surface area contributed by atoms with Gasteiger partial charge in [0, 0.05) is 9.26 Å². The van der Waals surface area contributed by atoms with Gasteiger partial charge in [0.1, 0.15) is 5.75 Å². The van der Waals surface area contributed by atoms with Gasteiger partial charge in [0.25, 0.3) is 5.91 Å². The summed E-state index contributed by atoms with van der Waals surface area (Å²) >= 11 is 2.23. The summed E-state index contributed by atoms with van der Waals surface area (Å²) in [7, 11) is 0. The van der Waals surface area contributed by atoms with Gasteiger partial charge in [0.15, 0.2) is 6.61 Å². The number of aryl methyl sites for hydroxylation is 1. The first-order valence-corrected chi connectivity index (χ1v) is 7.38. The quantitative estimate of drug-likeness (QED) is 0.816. The molecule has 0 unspecified atom stereocenters. The van der Waals surface area contributed by atoms with Gasteiger partial charge >= 0.3 is 0 Å². The first-order chi connectivity index (χ1) is 9.56. The van der Waals surface area contributed by atoms with Crippen molar-refractivity contribution in [1.29, 1.82) is 0 Å². The second-order valence-corrected chi connectivity index (χ2v) is 5.78. The zero-order valence-corrected chi connectivity index (χ0v) is 13.6. The van der Waals surface area contributed by atoms with E-state index >= 15 is 0 Å². The molecule has 0 saturated carbocycles. The topological polar surface area (TPSA) is 38.3 Å². The van der Waals surface area contributed by atoms with Crippen molar-refractivity contribution in [3.63, 3.8) is 0 Å². The van der Waals surface area contributed by atoms with E-state index in [4.69, 9.17) is 4.74 Å². The molecule has 2 rings (SSSR count). The second-order valence-electron chi connectivity index (χ2n) is 4.54. The third-order valence-electron chi connectivity index (χ3n) is 3.06. The average molecular weight is 381 g/mol. The number of carbonyl (C=O) groups excluding carboxylic acids is 1. The molecule has 0 heterocycles. The van der Waals surface area contributed by atoms with Crippen molar-refractivity contribution in [2.75, 3.05) is 11.9 Å². The summed E-state index contributed by atoms with van der Waals surface area (Å²) in [5.74, 6) is 0.541. The van der Waals surface area contributed by atoms with Crippen LogP contribution in [0.15, 0.2) is 42.5 Å². The number of hydrogen-bond donors (Lipinski definition) is 1. The Morgan fingerprint density at radius 1 is 1.15 bits per heavy atom. The smallest absolute Gasteiger partial charge is 0.262 e. The fourth-order valence-electron chi connectivity index (χ4n) is 1.75. The molecule has 0 aliphatic carbocycles. The first kappa shape index (κ1) is 14.8. The fraction of sp³-hybridized carbons (Fsp3) is 0.188. The van der Waals surface area contributed by atoms with Gasteiger partial charge in [0.2, 0.25) is 0 Å². The van der Waals surface area contributed by atoms with E-state index in [9.17, 15) is 4.79 Å². The Bertz CT molecular complexity index is 608. The molecule has 0 bridgehead atoms. The molecule has 20 heavy (non-hydrogen) atoms. The number of rotatable bonds is 4. The van der Waals surface area contributed by atoms with Crippen LogP contribution in [0.5, 0.6) is 5.75 Å². The molecule has 0 aliphatic rings. The van der Waals surface area contributed by atoms with Crippen LogP contribution in [0.4, 0.5) is 5.69 Å². The Kier molecular flexibility index (Phi) is 5.00. The molecule has 2 aromatic carbocycles. The Hall–Kier alpha value is -1.56. The van der Waals surface area contributed by atoms with E-state index in [0.717, 1.165) is 20.4 Å². The SMILES string of the molecule is Cc1cccc(NC(=O)COc2ccc(I)cc2)c1C. The molecule has 0 saturated heterocycles. The van der Waals surface area contributed by atoms with Crippen LogP contribution in [0, 0.1) is 17.4 Å². The van der Waals surface area contributed by atoms with Gasteiger partial charge in [-0.25, -0.2) is 0 Å². The molecule has 1 N–H and O–H groups in total. The monoisotopic (exact) mass is 381 g/mol. The molecule has 1 amide bonds. The summed E-state index contributed by atoms with van der Waals surface area (Å²) in [6, 6.07) is 13.4. The van der Waals surface area contributed by atoms with E-state index in [-0.39, 0.29) is 12.5 Å². The minimum absolute atomic E-state index is 0.00791. The number of amides is 1. The lowest BCUT2D eigenvalue weighted by atomic mass is 10.1. The summed E-state index contributed by atoms with van der Waals surface area (Å²) < 4.78 is 6.58. The van der Waals surface area contributed by atoms with Gasteiger partial charge in [-0.2, -0.15) is 0 Å². The summed E-state index contributed by atoms with van der Waals surface area (Å²) in [5.41, 5.74) is 3.07. The minimum atomic E-state index is -0.155. The third-order valence-corrected chi connectivity index (χ3v) is 3.78. The van der Waals surface area contributed by atoms with Crippen molar-refractivity contribution >= 4 is 34.2 Å². The second kappa shape index (κ2) is 6.74. The maximum Gasteiger partial charge on any atom is 0.262 e. The Balaban J connectivity index is 1.92. The number of carbonyl (C=O) groups is 1. The van der Waals surface area contributed by atoms with Gasteiger partial charge in [-0.3, -0.25) is 4.79 Å². The van der Waals surface area contributed by atoms with Gasteiger partial charge < -0.3 is 10.1 Å². The predicted octanol–water partition coefficient (Wildman–Crippen LogP) is 3.93. The summed E-state index contributed by atoms with van der Waals surface area (Å²) in [5, 5.41) is 2.87. The zero-order valence-electron chi connectivity index (χ0n) is 11.4. The highest BCUT2D eigenvalue weighted by Crippen LogP contribution is 2.18. The molecule has 0 radical (unpaired) electrons. The largest absolute Gasteiger partial charge is 0.484 e. The summed E-state index contributed by atoms with van der Waals surface area (Å²) in [6.07, 6.45) is 0. The van der Waals surface area contributed by atoms with Crippen LogP contribution in [0.1, 0.15) is 11.1 Å². The number of hydrogen-bond acceptors (Lipinski definition) is 2. The van der Waals surface area contributed by atoms with Crippen LogP contribution >= 0.6 is 22.6 Å². The van der Waals surface area contributed by atoms with E-state index in [0.29, 0.717) is 5.75 Å². The maximum absolute atomic E-state index is 11.9. The van der Waals surface area contributed by atoms with Crippen LogP contribution in [0.2, 0.25) is 0 Å². The van der Waals surface area contributed by atoms with Crippen molar-refractivity contribution in [3.8, 4) is 5.75 Å². The third kappa shape index (κ3) is 3.96. The molecule has 4 heteroatoms. The van der Waals surface area contributed by atoms with Gasteiger partial charge in [-0.05, 0) is 77.9 Å². The standard InChI is InChI=1S/C16H16INO2/c1-11-4-3-5-15(12(11)2)18-16(19)10-20-14-8-6-13(17)7-9-14/h3-9H,10H2,1-2H3,(H,18,19). The molecule has 0 spiro atoms.